The molecule has 12 heteroatoms. The van der Waals surface area contributed by atoms with Gasteiger partial charge in [-0.25, -0.2) is 37.1 Å². The number of hydrogen-bond acceptors (Lipinski definition) is 7. The highest BCUT2D eigenvalue weighted by Crippen LogP contribution is 2.31. The summed E-state index contributed by atoms with van der Waals surface area (Å²) in [6.07, 6.45) is 0.358. The number of ether oxygens (including phenoxy) is 1. The number of aromatic nitrogens is 2. The van der Waals surface area contributed by atoms with Gasteiger partial charge in [0.2, 0.25) is 5.95 Å². The predicted molar refractivity (Wildman–Crippen MR) is 162 cm³/mol. The van der Waals surface area contributed by atoms with Crippen molar-refractivity contribution in [3.63, 3.8) is 0 Å². The van der Waals surface area contributed by atoms with Crippen LogP contribution in [0.15, 0.2) is 47.4 Å². The molecule has 1 unspecified atom stereocenters. The minimum Gasteiger partial charge on any atom is -0.478 e. The summed E-state index contributed by atoms with van der Waals surface area (Å²) in [5.74, 6) is -2.14. The molecule has 0 saturated heterocycles. The normalized spacial score (nSPS) is 12.6. The maximum Gasteiger partial charge on any atom is 0.407 e. The number of rotatable bonds is 11. The lowest BCUT2D eigenvalue weighted by Gasteiger charge is -2.25. The molecule has 43 heavy (non-hydrogen) atoms. The predicted octanol–water partition coefficient (Wildman–Crippen LogP) is 6.27. The molecule has 1 aromatic heterocycles. The molecular formula is C31H39FN4O6S. The quantitative estimate of drug-likeness (QED) is 0.229. The number of carbonyl (C=O) groups excluding carboxylic acids is 1. The molecule has 1 atom stereocenters. The van der Waals surface area contributed by atoms with E-state index in [0.717, 1.165) is 17.2 Å². The fourth-order valence-electron chi connectivity index (χ4n) is 4.64. The third-order valence-corrected chi connectivity index (χ3v) is 7.79. The Kier molecular flexibility index (Phi) is 10.5. The van der Waals surface area contributed by atoms with E-state index in [9.17, 15) is 23.1 Å². The zero-order chi connectivity index (χ0) is 32.1. The van der Waals surface area contributed by atoms with Crippen LogP contribution in [0.25, 0.3) is 11.3 Å². The lowest BCUT2D eigenvalue weighted by molar-refractivity contribution is 0.0495. The molecule has 0 aliphatic heterocycles. The summed E-state index contributed by atoms with van der Waals surface area (Å²) in [6.45, 7) is 12.9. The molecule has 0 aliphatic carbocycles. The van der Waals surface area contributed by atoms with Crippen LogP contribution in [0.2, 0.25) is 0 Å². The van der Waals surface area contributed by atoms with Crippen LogP contribution >= 0.6 is 0 Å². The van der Waals surface area contributed by atoms with Gasteiger partial charge in [0.1, 0.15) is 11.3 Å². The van der Waals surface area contributed by atoms with E-state index < -0.39 is 33.5 Å². The van der Waals surface area contributed by atoms with Gasteiger partial charge in [-0.1, -0.05) is 38.1 Å². The maximum atomic E-state index is 16.1. The van der Waals surface area contributed by atoms with E-state index >= 15 is 4.39 Å². The first kappa shape index (κ1) is 33.4. The minimum absolute atomic E-state index is 0.0376. The summed E-state index contributed by atoms with van der Waals surface area (Å²) in [5, 5.41) is 12.2. The Morgan fingerprint density at radius 2 is 1.67 bits per heavy atom. The van der Waals surface area contributed by atoms with Crippen LogP contribution in [-0.4, -0.2) is 47.2 Å². The molecule has 3 N–H and O–H groups in total. The van der Waals surface area contributed by atoms with Crippen LogP contribution in [0.1, 0.15) is 74.6 Å². The molecular weight excluding hydrogens is 575 g/mol. The Bertz CT molecular complexity index is 1580. The van der Waals surface area contributed by atoms with Gasteiger partial charge in [-0.3, -0.25) is 0 Å². The third-order valence-electron chi connectivity index (χ3n) is 6.46. The van der Waals surface area contributed by atoms with Crippen molar-refractivity contribution in [1.82, 2.24) is 15.3 Å². The van der Waals surface area contributed by atoms with Crippen LogP contribution in [0.3, 0.4) is 0 Å². The molecule has 1 heterocycles. The highest BCUT2D eigenvalue weighted by atomic mass is 32.2. The van der Waals surface area contributed by atoms with Crippen molar-refractivity contribution in [2.45, 2.75) is 84.3 Å². The molecule has 0 bridgehead atoms. The molecule has 0 spiro atoms. The second-order valence-corrected chi connectivity index (χ2v) is 13.6. The molecule has 232 valence electrons. The third kappa shape index (κ3) is 9.21. The standard InChI is InChI=1S/C31H39FN4O6S/c1-18(2)16-22(33-30(39)42-31(5,6)7)14-15-24-26(32)27(25-19(3)10-8-11-20(25)4)35-29(34-24)36-43(40,41)23-13-9-12-21(17-23)28(37)38/h8-13,17-18,22H,14-16H2,1-7H3,(H,33,39)(H,37,38)(H,34,35,36). The molecule has 0 saturated carbocycles. The number of benzene rings is 2. The van der Waals surface area contributed by atoms with Crippen molar-refractivity contribution in [3.8, 4) is 11.3 Å². The van der Waals surface area contributed by atoms with E-state index in [1.165, 1.54) is 18.2 Å². The fourth-order valence-corrected chi connectivity index (χ4v) is 5.63. The van der Waals surface area contributed by atoms with Crippen LogP contribution in [0.4, 0.5) is 15.1 Å². The number of anilines is 1. The van der Waals surface area contributed by atoms with Gasteiger partial charge in [-0.2, -0.15) is 0 Å². The highest BCUT2D eigenvalue weighted by Gasteiger charge is 2.25. The van der Waals surface area contributed by atoms with Gasteiger partial charge < -0.3 is 15.2 Å². The smallest absolute Gasteiger partial charge is 0.407 e. The van der Waals surface area contributed by atoms with Crippen LogP contribution in [0.5, 0.6) is 0 Å². The zero-order valence-electron chi connectivity index (χ0n) is 25.5. The number of sulfonamides is 1. The number of amides is 1. The lowest BCUT2D eigenvalue weighted by Crippen LogP contribution is -2.40. The minimum atomic E-state index is -4.33. The van der Waals surface area contributed by atoms with Crippen LogP contribution < -0.4 is 10.0 Å². The zero-order valence-corrected chi connectivity index (χ0v) is 26.3. The van der Waals surface area contributed by atoms with E-state index in [0.29, 0.717) is 18.4 Å². The molecule has 0 aliphatic rings. The van der Waals surface area contributed by atoms with Gasteiger partial charge in [0, 0.05) is 11.6 Å². The Morgan fingerprint density at radius 3 is 2.26 bits per heavy atom. The Morgan fingerprint density at radius 1 is 1.05 bits per heavy atom. The summed E-state index contributed by atoms with van der Waals surface area (Å²) >= 11 is 0. The van der Waals surface area contributed by atoms with Gasteiger partial charge in [0.15, 0.2) is 5.82 Å². The van der Waals surface area contributed by atoms with Crippen molar-refractivity contribution >= 4 is 28.0 Å². The van der Waals surface area contributed by atoms with Gasteiger partial charge in [-0.15, -0.1) is 0 Å². The van der Waals surface area contributed by atoms with Gasteiger partial charge in [-0.05, 0) is 89.1 Å². The molecule has 0 fully saturated rings. The first-order valence-electron chi connectivity index (χ1n) is 14.0. The SMILES string of the molecule is Cc1cccc(C)c1-c1nc(NS(=O)(=O)c2cccc(C(=O)O)c2)nc(CCC(CC(C)C)NC(=O)OC(C)(C)C)c1F. The topological polar surface area (TPSA) is 148 Å². The monoisotopic (exact) mass is 614 g/mol. The Labute approximate surface area is 252 Å². The summed E-state index contributed by atoms with van der Waals surface area (Å²) in [4.78, 5) is 32.1. The highest BCUT2D eigenvalue weighted by molar-refractivity contribution is 7.92. The van der Waals surface area contributed by atoms with E-state index in [2.05, 4.69) is 20.0 Å². The van der Waals surface area contributed by atoms with E-state index in [1.54, 1.807) is 46.8 Å². The molecule has 0 radical (unpaired) electrons. The number of aromatic carboxylic acids is 1. The first-order chi connectivity index (χ1) is 20.0. The van der Waals surface area contributed by atoms with Gasteiger partial charge >= 0.3 is 12.1 Å². The van der Waals surface area contributed by atoms with Gasteiger partial charge in [0.05, 0.1) is 16.2 Å². The molecule has 2 aromatic carbocycles. The second kappa shape index (κ2) is 13.5. The number of nitrogens with zero attached hydrogens (tertiary/aromatic N) is 2. The van der Waals surface area contributed by atoms with E-state index in [4.69, 9.17) is 4.74 Å². The molecule has 3 aromatic rings. The van der Waals surface area contributed by atoms with Crippen LogP contribution in [-0.2, 0) is 21.2 Å². The average Bonchev–Trinajstić information content (AvgIpc) is 2.87. The maximum absolute atomic E-state index is 16.1. The number of nitrogens with one attached hydrogen (secondary N) is 2. The summed E-state index contributed by atoms with van der Waals surface area (Å²) in [7, 11) is -4.33. The van der Waals surface area contributed by atoms with E-state index in [1.807, 2.05) is 19.9 Å². The fraction of sp³-hybridized carbons (Fsp3) is 0.419. The summed E-state index contributed by atoms with van der Waals surface area (Å²) < 4.78 is 50.3. The van der Waals surface area contributed by atoms with E-state index in [-0.39, 0.29) is 46.2 Å². The number of alkyl carbamates (subject to hydrolysis) is 1. The Hall–Kier alpha value is -4.06. The van der Waals surface area contributed by atoms with Crippen molar-refractivity contribution in [2.24, 2.45) is 5.92 Å². The first-order valence-corrected chi connectivity index (χ1v) is 15.4. The number of carboxylic acids is 1. The number of hydrogen-bond donors (Lipinski definition) is 3. The van der Waals surface area contributed by atoms with Crippen molar-refractivity contribution in [1.29, 1.82) is 0 Å². The Balaban J connectivity index is 2.04. The average molecular weight is 615 g/mol. The van der Waals surface area contributed by atoms with Crippen molar-refractivity contribution < 1.29 is 32.2 Å². The van der Waals surface area contributed by atoms with Crippen LogP contribution in [0, 0.1) is 25.6 Å². The number of halogens is 1. The largest absolute Gasteiger partial charge is 0.478 e. The summed E-state index contributed by atoms with van der Waals surface area (Å²) in [5.41, 5.74) is 0.951. The number of carboxylic acid groups (broad SMARTS) is 1. The summed E-state index contributed by atoms with van der Waals surface area (Å²) in [6, 6.07) is 9.89. The number of aryl methyl sites for hydroxylation is 3. The molecule has 3 rings (SSSR count). The second-order valence-electron chi connectivity index (χ2n) is 11.9. The molecule has 10 nitrogen and oxygen atoms in total. The molecule has 1 amide bonds. The van der Waals surface area contributed by atoms with Crippen molar-refractivity contribution in [3.05, 3.63) is 70.7 Å². The lowest BCUT2D eigenvalue weighted by atomic mass is 9.96. The van der Waals surface area contributed by atoms with Gasteiger partial charge in [0.25, 0.3) is 10.0 Å². The van der Waals surface area contributed by atoms with Crippen molar-refractivity contribution in [2.75, 3.05) is 4.72 Å². The number of carbonyl (C=O) groups is 2.